The molecular weight excluding hydrogens is 367 g/mol. The van der Waals surface area contributed by atoms with Crippen LogP contribution in [0.25, 0.3) is 5.69 Å². The predicted molar refractivity (Wildman–Crippen MR) is 102 cm³/mol. The van der Waals surface area contributed by atoms with Crippen molar-refractivity contribution in [3.05, 3.63) is 66.2 Å². The number of hydrogen-bond donors (Lipinski definition) is 1. The normalized spacial score (nSPS) is 11.8. The highest BCUT2D eigenvalue weighted by Gasteiger charge is 2.13. The van der Waals surface area contributed by atoms with Gasteiger partial charge >= 0.3 is 0 Å². The molecule has 0 unspecified atom stereocenters. The van der Waals surface area contributed by atoms with Gasteiger partial charge in [0.05, 0.1) is 18.9 Å². The fourth-order valence-electron chi connectivity index (χ4n) is 2.52. The summed E-state index contributed by atoms with van der Waals surface area (Å²) in [7, 11) is 1.61. The SMILES string of the molecule is COc1ccc(-n2cnnc2SCC(=O)N[C@@H](C)c2cccc(F)c2)cc1. The van der Waals surface area contributed by atoms with Crippen LogP contribution in [0.4, 0.5) is 4.39 Å². The number of rotatable bonds is 7. The second-order valence-electron chi connectivity index (χ2n) is 5.81. The van der Waals surface area contributed by atoms with Crippen molar-refractivity contribution in [2.24, 2.45) is 0 Å². The van der Waals surface area contributed by atoms with E-state index in [0.717, 1.165) is 17.0 Å². The average Bonchev–Trinajstić information content (AvgIpc) is 3.15. The molecule has 27 heavy (non-hydrogen) atoms. The van der Waals surface area contributed by atoms with Gasteiger partial charge in [0.1, 0.15) is 17.9 Å². The summed E-state index contributed by atoms with van der Waals surface area (Å²) in [5, 5.41) is 11.5. The highest BCUT2D eigenvalue weighted by Crippen LogP contribution is 2.22. The minimum atomic E-state index is -0.324. The summed E-state index contributed by atoms with van der Waals surface area (Å²) >= 11 is 1.28. The van der Waals surface area contributed by atoms with Gasteiger partial charge in [-0.15, -0.1) is 10.2 Å². The fourth-order valence-corrected chi connectivity index (χ4v) is 3.26. The largest absolute Gasteiger partial charge is 0.497 e. The molecule has 0 aliphatic rings. The molecule has 0 aliphatic carbocycles. The zero-order chi connectivity index (χ0) is 19.2. The first-order valence-electron chi connectivity index (χ1n) is 8.29. The van der Waals surface area contributed by atoms with E-state index in [2.05, 4.69) is 15.5 Å². The first-order chi connectivity index (χ1) is 13.1. The number of benzene rings is 2. The van der Waals surface area contributed by atoms with E-state index in [1.165, 1.54) is 23.9 Å². The molecule has 1 atom stereocenters. The summed E-state index contributed by atoms with van der Waals surface area (Å²) in [6.07, 6.45) is 1.59. The third-order valence-corrected chi connectivity index (χ3v) is 4.87. The first-order valence-corrected chi connectivity index (χ1v) is 9.27. The van der Waals surface area contributed by atoms with Gasteiger partial charge in [0.25, 0.3) is 0 Å². The second kappa shape index (κ2) is 8.68. The Bertz CT molecular complexity index is 914. The molecule has 0 saturated carbocycles. The lowest BCUT2D eigenvalue weighted by Crippen LogP contribution is -2.28. The van der Waals surface area contributed by atoms with E-state index < -0.39 is 0 Å². The average molecular weight is 386 g/mol. The van der Waals surface area contributed by atoms with Gasteiger partial charge < -0.3 is 10.1 Å². The number of thioether (sulfide) groups is 1. The quantitative estimate of drug-likeness (QED) is 0.631. The molecule has 0 bridgehead atoms. The molecule has 0 aliphatic heterocycles. The maximum absolute atomic E-state index is 13.3. The van der Waals surface area contributed by atoms with Gasteiger partial charge in [-0.1, -0.05) is 23.9 Å². The smallest absolute Gasteiger partial charge is 0.230 e. The number of nitrogens with zero attached hydrogens (tertiary/aromatic N) is 3. The summed E-state index contributed by atoms with van der Waals surface area (Å²) < 4.78 is 20.3. The number of carbonyl (C=O) groups is 1. The number of nitrogens with one attached hydrogen (secondary N) is 1. The van der Waals surface area contributed by atoms with Crippen molar-refractivity contribution in [1.82, 2.24) is 20.1 Å². The third-order valence-electron chi connectivity index (χ3n) is 3.93. The summed E-state index contributed by atoms with van der Waals surface area (Å²) in [5.74, 6) is 0.442. The van der Waals surface area contributed by atoms with Gasteiger partial charge in [0, 0.05) is 5.69 Å². The van der Waals surface area contributed by atoms with Gasteiger partial charge in [0.15, 0.2) is 5.16 Å². The lowest BCUT2D eigenvalue weighted by Gasteiger charge is -2.14. The van der Waals surface area contributed by atoms with Crippen LogP contribution >= 0.6 is 11.8 Å². The molecule has 3 aromatic rings. The Labute approximate surface area is 160 Å². The van der Waals surface area contributed by atoms with Crippen LogP contribution in [0, 0.1) is 5.82 Å². The molecule has 6 nitrogen and oxygen atoms in total. The minimum Gasteiger partial charge on any atom is -0.497 e. The van der Waals surface area contributed by atoms with Crippen molar-refractivity contribution in [3.8, 4) is 11.4 Å². The summed E-state index contributed by atoms with van der Waals surface area (Å²) in [6, 6.07) is 13.4. The third kappa shape index (κ3) is 4.85. The van der Waals surface area contributed by atoms with Gasteiger partial charge in [-0.05, 0) is 48.9 Å². The number of hydrogen-bond acceptors (Lipinski definition) is 5. The molecule has 3 rings (SSSR count). The standard InChI is InChI=1S/C19H19FN4O2S/c1-13(14-4-3-5-15(20)10-14)22-18(25)11-27-19-23-21-12-24(19)16-6-8-17(26-2)9-7-16/h3-10,12-13H,11H2,1-2H3,(H,22,25)/t13-/m0/s1. The van der Waals surface area contributed by atoms with Crippen LogP contribution in [0.5, 0.6) is 5.75 Å². The molecule has 0 saturated heterocycles. The maximum Gasteiger partial charge on any atom is 0.230 e. The zero-order valence-corrected chi connectivity index (χ0v) is 15.7. The molecule has 1 amide bonds. The zero-order valence-electron chi connectivity index (χ0n) is 14.9. The van der Waals surface area contributed by atoms with Gasteiger partial charge in [-0.2, -0.15) is 0 Å². The predicted octanol–water partition coefficient (Wildman–Crippen LogP) is 3.38. The highest BCUT2D eigenvalue weighted by atomic mass is 32.2. The summed E-state index contributed by atoms with van der Waals surface area (Å²) in [5.41, 5.74) is 1.59. The Morgan fingerprint density at radius 3 is 2.78 bits per heavy atom. The Balaban J connectivity index is 1.60. The Morgan fingerprint density at radius 1 is 1.30 bits per heavy atom. The molecule has 8 heteroatoms. The van der Waals surface area contributed by atoms with Crippen molar-refractivity contribution in [1.29, 1.82) is 0 Å². The number of carbonyl (C=O) groups excluding carboxylic acids is 1. The first kappa shape index (κ1) is 18.9. The molecule has 140 valence electrons. The Hall–Kier alpha value is -2.87. The minimum absolute atomic E-state index is 0.166. The van der Waals surface area contributed by atoms with Crippen LogP contribution in [0.3, 0.4) is 0 Å². The lowest BCUT2D eigenvalue weighted by molar-refractivity contribution is -0.119. The van der Waals surface area contributed by atoms with E-state index in [-0.39, 0.29) is 23.5 Å². The Kier molecular flexibility index (Phi) is 6.08. The molecule has 1 heterocycles. The van der Waals surface area contributed by atoms with E-state index in [1.54, 1.807) is 30.1 Å². The van der Waals surface area contributed by atoms with E-state index >= 15 is 0 Å². The number of ether oxygens (including phenoxy) is 1. The molecule has 2 aromatic carbocycles. The molecule has 1 N–H and O–H groups in total. The topological polar surface area (TPSA) is 69.0 Å². The Morgan fingerprint density at radius 2 is 2.07 bits per heavy atom. The number of aromatic nitrogens is 3. The number of methoxy groups -OCH3 is 1. The number of halogens is 1. The van der Waals surface area contributed by atoms with Crippen LogP contribution in [-0.2, 0) is 4.79 Å². The van der Waals surface area contributed by atoms with Crippen LogP contribution in [-0.4, -0.2) is 33.5 Å². The summed E-state index contributed by atoms with van der Waals surface area (Å²) in [6.45, 7) is 1.82. The molecule has 0 spiro atoms. The molecule has 0 fully saturated rings. The monoisotopic (exact) mass is 386 g/mol. The van der Waals surface area contributed by atoms with E-state index in [9.17, 15) is 9.18 Å². The van der Waals surface area contributed by atoms with Gasteiger partial charge in [-0.25, -0.2) is 4.39 Å². The summed E-state index contributed by atoms with van der Waals surface area (Å²) in [4.78, 5) is 12.2. The van der Waals surface area contributed by atoms with Crippen molar-refractivity contribution in [2.75, 3.05) is 12.9 Å². The molecular formula is C19H19FN4O2S. The van der Waals surface area contributed by atoms with E-state index in [1.807, 2.05) is 31.2 Å². The van der Waals surface area contributed by atoms with Gasteiger partial charge in [0.2, 0.25) is 5.91 Å². The van der Waals surface area contributed by atoms with Crippen LogP contribution in [0.2, 0.25) is 0 Å². The van der Waals surface area contributed by atoms with Crippen molar-refractivity contribution >= 4 is 17.7 Å². The van der Waals surface area contributed by atoms with Crippen LogP contribution in [0.1, 0.15) is 18.5 Å². The maximum atomic E-state index is 13.3. The number of amides is 1. The fraction of sp³-hybridized carbons (Fsp3) is 0.211. The van der Waals surface area contributed by atoms with E-state index in [4.69, 9.17) is 4.74 Å². The van der Waals surface area contributed by atoms with Crippen molar-refractivity contribution < 1.29 is 13.9 Å². The lowest BCUT2D eigenvalue weighted by atomic mass is 10.1. The highest BCUT2D eigenvalue weighted by molar-refractivity contribution is 7.99. The van der Waals surface area contributed by atoms with Crippen molar-refractivity contribution in [3.63, 3.8) is 0 Å². The van der Waals surface area contributed by atoms with Crippen LogP contribution < -0.4 is 10.1 Å². The molecule has 0 radical (unpaired) electrons. The molecule has 1 aromatic heterocycles. The van der Waals surface area contributed by atoms with Crippen LogP contribution in [0.15, 0.2) is 60.0 Å². The van der Waals surface area contributed by atoms with E-state index in [0.29, 0.717) is 5.16 Å². The van der Waals surface area contributed by atoms with Crippen molar-refractivity contribution in [2.45, 2.75) is 18.1 Å². The van der Waals surface area contributed by atoms with Gasteiger partial charge in [-0.3, -0.25) is 9.36 Å². The second-order valence-corrected chi connectivity index (χ2v) is 6.76.